The molecular weight excluding hydrogens is 288 g/mol. The molecule has 0 spiro atoms. The molecule has 1 aromatic heterocycles. The van der Waals surface area contributed by atoms with E-state index in [0.29, 0.717) is 4.47 Å². The van der Waals surface area contributed by atoms with E-state index in [4.69, 9.17) is 5.11 Å². The van der Waals surface area contributed by atoms with Gasteiger partial charge in [-0.2, -0.15) is 0 Å². The summed E-state index contributed by atoms with van der Waals surface area (Å²) in [6.07, 6.45) is 1.42. The first-order valence-corrected chi connectivity index (χ1v) is 5.85. The normalized spacial score (nSPS) is 11.9. The molecule has 0 aliphatic heterocycles. The van der Waals surface area contributed by atoms with E-state index in [9.17, 15) is 9.59 Å². The van der Waals surface area contributed by atoms with E-state index in [1.165, 1.54) is 6.20 Å². The second kappa shape index (κ2) is 5.77. The Morgan fingerprint density at radius 1 is 1.59 bits per heavy atom. The van der Waals surface area contributed by atoms with Gasteiger partial charge in [0.2, 0.25) is 0 Å². The lowest BCUT2D eigenvalue weighted by molar-refractivity contribution is -0.137. The number of hydrogen-bond donors (Lipinski definition) is 2. The number of hydrogen-bond acceptors (Lipinski definition) is 3. The van der Waals surface area contributed by atoms with Gasteiger partial charge in [-0.05, 0) is 41.4 Å². The van der Waals surface area contributed by atoms with Gasteiger partial charge in [0, 0.05) is 12.2 Å². The van der Waals surface area contributed by atoms with Crippen LogP contribution < -0.4 is 5.32 Å². The largest absolute Gasteiger partial charge is 0.481 e. The summed E-state index contributed by atoms with van der Waals surface area (Å²) in [5.74, 6) is -1.33. The van der Waals surface area contributed by atoms with E-state index in [-0.39, 0.29) is 18.0 Å². The van der Waals surface area contributed by atoms with Crippen LogP contribution in [-0.2, 0) is 4.79 Å². The van der Waals surface area contributed by atoms with Crippen molar-refractivity contribution in [3.63, 3.8) is 0 Å². The number of pyridine rings is 1. The molecule has 17 heavy (non-hydrogen) atoms. The van der Waals surface area contributed by atoms with Crippen LogP contribution in [0.25, 0.3) is 0 Å². The zero-order valence-corrected chi connectivity index (χ0v) is 11.1. The second-order valence-corrected chi connectivity index (χ2v) is 4.56. The fourth-order valence-corrected chi connectivity index (χ4v) is 1.72. The van der Waals surface area contributed by atoms with Crippen LogP contribution in [0.1, 0.15) is 29.4 Å². The van der Waals surface area contributed by atoms with Gasteiger partial charge in [0.05, 0.1) is 10.9 Å². The lowest BCUT2D eigenvalue weighted by Crippen LogP contribution is -2.34. The molecule has 1 heterocycles. The van der Waals surface area contributed by atoms with Gasteiger partial charge in [0.1, 0.15) is 5.69 Å². The maximum absolute atomic E-state index is 11.8. The fourth-order valence-electron chi connectivity index (χ4n) is 1.30. The molecule has 0 aromatic carbocycles. The first-order valence-electron chi connectivity index (χ1n) is 5.05. The van der Waals surface area contributed by atoms with Gasteiger partial charge in [0.15, 0.2) is 0 Å². The van der Waals surface area contributed by atoms with Crippen LogP contribution in [0.15, 0.2) is 16.7 Å². The predicted molar refractivity (Wildman–Crippen MR) is 65.9 cm³/mol. The number of rotatable bonds is 4. The molecule has 1 amide bonds. The van der Waals surface area contributed by atoms with E-state index < -0.39 is 12.0 Å². The van der Waals surface area contributed by atoms with Crippen LogP contribution in [0.3, 0.4) is 0 Å². The zero-order valence-electron chi connectivity index (χ0n) is 9.53. The van der Waals surface area contributed by atoms with E-state index in [0.717, 1.165) is 5.56 Å². The first kappa shape index (κ1) is 13.6. The minimum atomic E-state index is -0.950. The summed E-state index contributed by atoms with van der Waals surface area (Å²) in [6.45, 7) is 3.49. The molecule has 92 valence electrons. The molecule has 6 heteroatoms. The number of carbonyl (C=O) groups excluding carboxylic acids is 1. The number of aliphatic carboxylic acids is 1. The minimum Gasteiger partial charge on any atom is -0.481 e. The summed E-state index contributed by atoms with van der Waals surface area (Å²) >= 11 is 3.28. The monoisotopic (exact) mass is 300 g/mol. The summed E-state index contributed by atoms with van der Waals surface area (Å²) in [6, 6.07) is 1.34. The average molecular weight is 301 g/mol. The van der Waals surface area contributed by atoms with Gasteiger partial charge < -0.3 is 10.4 Å². The lowest BCUT2D eigenvalue weighted by atomic mass is 10.2. The van der Waals surface area contributed by atoms with E-state index in [1.54, 1.807) is 13.0 Å². The van der Waals surface area contributed by atoms with Crippen LogP contribution in [0.5, 0.6) is 0 Å². The molecule has 0 unspecified atom stereocenters. The maximum Gasteiger partial charge on any atom is 0.305 e. The number of aromatic nitrogens is 1. The quantitative estimate of drug-likeness (QED) is 0.888. The number of aryl methyl sites for hydroxylation is 1. The van der Waals surface area contributed by atoms with Crippen molar-refractivity contribution in [1.29, 1.82) is 0 Å². The van der Waals surface area contributed by atoms with Crippen molar-refractivity contribution in [2.75, 3.05) is 0 Å². The van der Waals surface area contributed by atoms with Gasteiger partial charge in [-0.3, -0.25) is 9.59 Å². The van der Waals surface area contributed by atoms with Crippen molar-refractivity contribution in [2.24, 2.45) is 0 Å². The molecule has 0 bridgehead atoms. The Balaban J connectivity index is 2.77. The first-order chi connectivity index (χ1) is 7.91. The third-order valence-corrected chi connectivity index (χ3v) is 3.16. The predicted octanol–water partition coefficient (Wildman–Crippen LogP) is 1.75. The number of carboxylic acids is 1. The Kier molecular flexibility index (Phi) is 4.62. The molecule has 0 saturated carbocycles. The third kappa shape index (κ3) is 3.81. The van der Waals surface area contributed by atoms with Gasteiger partial charge in [-0.1, -0.05) is 0 Å². The highest BCUT2D eigenvalue weighted by Gasteiger charge is 2.16. The summed E-state index contributed by atoms with van der Waals surface area (Å²) in [7, 11) is 0. The molecule has 0 aliphatic rings. The number of amides is 1. The van der Waals surface area contributed by atoms with Crippen LogP contribution >= 0.6 is 15.9 Å². The van der Waals surface area contributed by atoms with Crippen molar-refractivity contribution < 1.29 is 14.7 Å². The fraction of sp³-hybridized carbons (Fsp3) is 0.364. The van der Waals surface area contributed by atoms with Crippen molar-refractivity contribution in [2.45, 2.75) is 26.3 Å². The average Bonchev–Trinajstić information content (AvgIpc) is 2.20. The molecule has 1 aromatic rings. The number of carboxylic acid groups (broad SMARTS) is 1. The summed E-state index contributed by atoms with van der Waals surface area (Å²) in [4.78, 5) is 26.3. The number of nitrogens with zero attached hydrogens (tertiary/aromatic N) is 1. The molecule has 1 atom stereocenters. The molecule has 1 rings (SSSR count). The Hall–Kier alpha value is -1.43. The smallest absolute Gasteiger partial charge is 0.305 e. The van der Waals surface area contributed by atoms with Gasteiger partial charge in [-0.25, -0.2) is 4.98 Å². The van der Waals surface area contributed by atoms with Crippen molar-refractivity contribution in [1.82, 2.24) is 10.3 Å². The van der Waals surface area contributed by atoms with E-state index >= 15 is 0 Å². The highest BCUT2D eigenvalue weighted by molar-refractivity contribution is 9.10. The summed E-state index contributed by atoms with van der Waals surface area (Å²) in [5.41, 5.74) is 1.17. The second-order valence-electron chi connectivity index (χ2n) is 3.76. The minimum absolute atomic E-state index is 0.116. The van der Waals surface area contributed by atoms with E-state index in [2.05, 4.69) is 26.2 Å². The Labute approximate surface area is 107 Å². The lowest BCUT2D eigenvalue weighted by Gasteiger charge is -2.12. The maximum atomic E-state index is 11.8. The van der Waals surface area contributed by atoms with Gasteiger partial charge >= 0.3 is 5.97 Å². The number of carbonyl (C=O) groups is 2. The highest BCUT2D eigenvalue weighted by atomic mass is 79.9. The van der Waals surface area contributed by atoms with Crippen LogP contribution in [-0.4, -0.2) is 28.0 Å². The molecule has 0 saturated heterocycles. The topological polar surface area (TPSA) is 79.3 Å². The highest BCUT2D eigenvalue weighted by Crippen LogP contribution is 2.18. The van der Waals surface area contributed by atoms with Crippen molar-refractivity contribution in [3.05, 3.63) is 28.0 Å². The third-order valence-electron chi connectivity index (χ3n) is 2.16. The van der Waals surface area contributed by atoms with Crippen molar-refractivity contribution in [3.8, 4) is 0 Å². The summed E-state index contributed by atoms with van der Waals surface area (Å²) < 4.78 is 0.625. The Morgan fingerprint density at radius 3 is 2.82 bits per heavy atom. The molecule has 2 N–H and O–H groups in total. The molecular formula is C11H13BrN2O3. The van der Waals surface area contributed by atoms with Gasteiger partial charge in [0.25, 0.3) is 5.91 Å². The Morgan fingerprint density at radius 2 is 2.24 bits per heavy atom. The number of halogens is 1. The van der Waals surface area contributed by atoms with Crippen LogP contribution in [0.4, 0.5) is 0 Å². The standard InChI is InChI=1S/C11H13BrN2O3/c1-6-3-4-13-10(9(6)12)11(17)14-7(2)5-8(15)16/h3-4,7H,5H2,1-2H3,(H,14,17)(H,15,16)/t7-/m1/s1. The number of nitrogens with one attached hydrogen (secondary N) is 1. The van der Waals surface area contributed by atoms with Crippen LogP contribution in [0.2, 0.25) is 0 Å². The molecule has 0 radical (unpaired) electrons. The van der Waals surface area contributed by atoms with Crippen LogP contribution in [0, 0.1) is 6.92 Å². The zero-order chi connectivity index (χ0) is 13.0. The SMILES string of the molecule is Cc1ccnc(C(=O)N[C@H](C)CC(=O)O)c1Br. The van der Waals surface area contributed by atoms with Crippen molar-refractivity contribution >= 4 is 27.8 Å². The van der Waals surface area contributed by atoms with Gasteiger partial charge in [-0.15, -0.1) is 0 Å². The van der Waals surface area contributed by atoms with E-state index in [1.807, 2.05) is 6.92 Å². The Bertz CT molecular complexity index is 448. The molecule has 5 nitrogen and oxygen atoms in total. The molecule has 0 aliphatic carbocycles. The molecule has 0 fully saturated rings. The summed E-state index contributed by atoms with van der Waals surface area (Å²) in [5, 5.41) is 11.2.